The second kappa shape index (κ2) is 9.16. The fourth-order valence-electron chi connectivity index (χ4n) is 4.15. The summed E-state index contributed by atoms with van der Waals surface area (Å²) in [7, 11) is 0. The largest absolute Gasteiger partial charge is 0.416 e. The Morgan fingerprint density at radius 2 is 1.93 bits per heavy atom. The second-order valence-electron chi connectivity index (χ2n) is 8.26. The topological polar surface area (TPSA) is 35.6 Å². The van der Waals surface area contributed by atoms with E-state index in [1.54, 1.807) is 6.07 Å². The van der Waals surface area contributed by atoms with E-state index in [0.717, 1.165) is 63.6 Å². The molecule has 1 atom stereocenters. The van der Waals surface area contributed by atoms with Gasteiger partial charge in [0.2, 0.25) is 5.91 Å². The van der Waals surface area contributed by atoms with Crippen LogP contribution < -0.4 is 5.32 Å². The quantitative estimate of drug-likeness (QED) is 0.813. The van der Waals surface area contributed by atoms with E-state index in [1.165, 1.54) is 18.9 Å². The van der Waals surface area contributed by atoms with E-state index in [0.29, 0.717) is 11.6 Å². The highest BCUT2D eigenvalue weighted by Crippen LogP contribution is 2.30. The Hall–Kier alpha value is -1.76. The number of halogens is 3. The smallest absolute Gasteiger partial charge is 0.376 e. The lowest BCUT2D eigenvalue weighted by atomic mass is 9.94. The molecule has 2 saturated heterocycles. The number of anilines is 1. The van der Waals surface area contributed by atoms with Gasteiger partial charge in [-0.25, -0.2) is 0 Å². The number of likely N-dealkylation sites (tertiary alicyclic amines) is 2. The van der Waals surface area contributed by atoms with Crippen LogP contribution >= 0.6 is 0 Å². The van der Waals surface area contributed by atoms with E-state index >= 15 is 0 Å². The lowest BCUT2D eigenvalue weighted by molar-refractivity contribution is -0.137. The molecule has 156 valence electrons. The molecule has 1 unspecified atom stereocenters. The van der Waals surface area contributed by atoms with Crippen LogP contribution in [-0.4, -0.2) is 55.0 Å². The Balaban J connectivity index is 1.47. The van der Waals surface area contributed by atoms with Crippen LogP contribution in [-0.2, 0) is 11.0 Å². The molecule has 0 radical (unpaired) electrons. The number of rotatable bonds is 5. The van der Waals surface area contributed by atoms with Crippen molar-refractivity contribution in [3.05, 3.63) is 29.8 Å². The van der Waals surface area contributed by atoms with Crippen LogP contribution in [0.4, 0.5) is 18.9 Å². The van der Waals surface area contributed by atoms with Crippen molar-refractivity contribution in [2.45, 2.75) is 38.8 Å². The molecule has 28 heavy (non-hydrogen) atoms. The number of carbonyl (C=O) groups excluding carboxylic acids is 1. The number of piperidine rings is 2. The summed E-state index contributed by atoms with van der Waals surface area (Å²) in [5.74, 6) is 1.25. The third kappa shape index (κ3) is 5.87. The first-order valence-electron chi connectivity index (χ1n) is 10.2. The lowest BCUT2D eigenvalue weighted by Gasteiger charge is -2.38. The minimum absolute atomic E-state index is 0.0231. The molecule has 2 fully saturated rings. The predicted octanol–water partition coefficient (Wildman–Crippen LogP) is 4.09. The summed E-state index contributed by atoms with van der Waals surface area (Å²) in [6.07, 6.45) is 0.238. The average molecular weight is 397 g/mol. The van der Waals surface area contributed by atoms with Gasteiger partial charge in [0.15, 0.2) is 0 Å². The van der Waals surface area contributed by atoms with Crippen LogP contribution in [0.1, 0.15) is 38.2 Å². The lowest BCUT2D eigenvalue weighted by Crippen LogP contribution is -2.46. The van der Waals surface area contributed by atoms with Crippen molar-refractivity contribution in [2.24, 2.45) is 11.8 Å². The van der Waals surface area contributed by atoms with Gasteiger partial charge in [0.05, 0.1) is 12.1 Å². The first kappa shape index (κ1) is 21.0. The van der Waals surface area contributed by atoms with Crippen LogP contribution in [0.15, 0.2) is 24.3 Å². The van der Waals surface area contributed by atoms with Crippen molar-refractivity contribution in [1.29, 1.82) is 0 Å². The molecule has 2 heterocycles. The molecular formula is C21H30F3N3O. The van der Waals surface area contributed by atoms with Crippen LogP contribution in [0.5, 0.6) is 0 Å². The molecule has 2 aliphatic rings. The standard InChI is InChI=1S/C21H30F3N3O/c1-16-7-10-26(11-8-16)14-17-4-3-9-27(15-17)20(28)13-25-19-6-2-5-18(12-19)21(22,23)24/h2,5-6,12,16-17,25H,3-4,7-11,13-15H2,1H3. The maximum atomic E-state index is 12.8. The Morgan fingerprint density at radius 1 is 1.18 bits per heavy atom. The summed E-state index contributed by atoms with van der Waals surface area (Å²) in [5.41, 5.74) is -0.391. The van der Waals surface area contributed by atoms with Gasteiger partial charge in [-0.15, -0.1) is 0 Å². The van der Waals surface area contributed by atoms with Crippen molar-refractivity contribution in [3.63, 3.8) is 0 Å². The summed E-state index contributed by atoms with van der Waals surface area (Å²) in [6, 6.07) is 4.98. The zero-order chi connectivity index (χ0) is 20.1. The van der Waals surface area contributed by atoms with Gasteiger partial charge in [-0.05, 0) is 68.8 Å². The number of hydrogen-bond donors (Lipinski definition) is 1. The molecule has 0 spiro atoms. The summed E-state index contributed by atoms with van der Waals surface area (Å²) >= 11 is 0. The highest BCUT2D eigenvalue weighted by molar-refractivity contribution is 5.81. The number of benzene rings is 1. The molecule has 1 N–H and O–H groups in total. The molecule has 0 bridgehead atoms. The zero-order valence-corrected chi connectivity index (χ0v) is 16.5. The highest BCUT2D eigenvalue weighted by atomic mass is 19.4. The summed E-state index contributed by atoms with van der Waals surface area (Å²) in [4.78, 5) is 16.9. The van der Waals surface area contributed by atoms with E-state index in [-0.39, 0.29) is 12.5 Å². The van der Waals surface area contributed by atoms with Crippen LogP contribution in [0.25, 0.3) is 0 Å². The molecular weight excluding hydrogens is 367 g/mol. The van der Waals surface area contributed by atoms with E-state index in [1.807, 2.05) is 4.90 Å². The summed E-state index contributed by atoms with van der Waals surface area (Å²) < 4.78 is 38.4. The van der Waals surface area contributed by atoms with Gasteiger partial charge in [0.25, 0.3) is 0 Å². The van der Waals surface area contributed by atoms with E-state index in [4.69, 9.17) is 0 Å². The third-order valence-electron chi connectivity index (χ3n) is 5.90. The second-order valence-corrected chi connectivity index (χ2v) is 8.26. The zero-order valence-electron chi connectivity index (χ0n) is 16.5. The Labute approximate surface area is 165 Å². The predicted molar refractivity (Wildman–Crippen MR) is 104 cm³/mol. The van der Waals surface area contributed by atoms with Crippen LogP contribution in [0, 0.1) is 11.8 Å². The molecule has 1 amide bonds. The number of nitrogens with one attached hydrogen (secondary N) is 1. The number of amides is 1. The van der Waals surface area contributed by atoms with E-state index in [9.17, 15) is 18.0 Å². The Kier molecular flexibility index (Phi) is 6.86. The summed E-state index contributed by atoms with van der Waals surface area (Å²) in [6.45, 7) is 7.12. The number of hydrogen-bond acceptors (Lipinski definition) is 3. The van der Waals surface area contributed by atoms with E-state index in [2.05, 4.69) is 17.1 Å². The molecule has 0 aliphatic carbocycles. The van der Waals surface area contributed by atoms with E-state index < -0.39 is 11.7 Å². The molecule has 0 saturated carbocycles. The molecule has 7 heteroatoms. The molecule has 4 nitrogen and oxygen atoms in total. The fraction of sp³-hybridized carbons (Fsp3) is 0.667. The van der Waals surface area contributed by atoms with Crippen molar-refractivity contribution in [3.8, 4) is 0 Å². The number of alkyl halides is 3. The van der Waals surface area contributed by atoms with Crippen molar-refractivity contribution < 1.29 is 18.0 Å². The Morgan fingerprint density at radius 3 is 2.64 bits per heavy atom. The van der Waals surface area contributed by atoms with Crippen LogP contribution in [0.2, 0.25) is 0 Å². The molecule has 0 aromatic heterocycles. The molecule has 1 aromatic rings. The maximum Gasteiger partial charge on any atom is 0.416 e. The SMILES string of the molecule is CC1CCN(CC2CCCN(C(=O)CNc3cccc(C(F)(F)F)c3)C2)CC1. The third-order valence-corrected chi connectivity index (χ3v) is 5.90. The van der Waals surface area contributed by atoms with Gasteiger partial charge in [0, 0.05) is 25.3 Å². The number of nitrogens with zero attached hydrogens (tertiary/aromatic N) is 2. The first-order chi connectivity index (χ1) is 13.3. The minimum Gasteiger partial charge on any atom is -0.376 e. The van der Waals surface area contributed by atoms with Gasteiger partial charge < -0.3 is 15.1 Å². The van der Waals surface area contributed by atoms with Crippen molar-refractivity contribution in [1.82, 2.24) is 9.80 Å². The van der Waals surface area contributed by atoms with Gasteiger partial charge in [0.1, 0.15) is 0 Å². The first-order valence-corrected chi connectivity index (χ1v) is 10.2. The van der Waals surface area contributed by atoms with Crippen LogP contribution in [0.3, 0.4) is 0 Å². The van der Waals surface area contributed by atoms with Gasteiger partial charge in [-0.2, -0.15) is 13.2 Å². The van der Waals surface area contributed by atoms with Crippen molar-refractivity contribution in [2.75, 3.05) is 44.6 Å². The Bertz CT molecular complexity index is 657. The average Bonchev–Trinajstić information content (AvgIpc) is 2.68. The molecule has 1 aromatic carbocycles. The molecule has 2 aliphatic heterocycles. The van der Waals surface area contributed by atoms with Crippen molar-refractivity contribution >= 4 is 11.6 Å². The monoisotopic (exact) mass is 397 g/mol. The number of carbonyl (C=O) groups is 1. The van der Waals surface area contributed by atoms with Gasteiger partial charge in [-0.3, -0.25) is 4.79 Å². The molecule has 3 rings (SSSR count). The highest BCUT2D eigenvalue weighted by Gasteiger charge is 2.30. The minimum atomic E-state index is -4.38. The summed E-state index contributed by atoms with van der Waals surface area (Å²) in [5, 5.41) is 2.85. The normalized spacial score (nSPS) is 22.3. The van der Waals surface area contributed by atoms with Gasteiger partial charge >= 0.3 is 6.18 Å². The fourth-order valence-corrected chi connectivity index (χ4v) is 4.15. The maximum absolute atomic E-state index is 12.8. The van der Waals surface area contributed by atoms with Gasteiger partial charge in [-0.1, -0.05) is 13.0 Å².